The molecule has 32 heavy (non-hydrogen) atoms. The molecule has 166 valence electrons. The number of aromatic nitrogens is 1. The molecule has 0 saturated heterocycles. The van der Waals surface area contributed by atoms with Gasteiger partial charge in [-0.3, -0.25) is 9.59 Å². The van der Waals surface area contributed by atoms with Crippen LogP contribution in [0, 0.1) is 0 Å². The van der Waals surface area contributed by atoms with Gasteiger partial charge >= 0.3 is 0 Å². The number of nitrogens with one attached hydrogen (secondary N) is 1. The molecule has 1 fully saturated rings. The van der Waals surface area contributed by atoms with Crippen molar-refractivity contribution in [2.24, 2.45) is 0 Å². The highest BCUT2D eigenvalue weighted by Gasteiger charge is 2.50. The van der Waals surface area contributed by atoms with Crippen molar-refractivity contribution >= 4 is 22.7 Å². The largest absolute Gasteiger partial charge is 0.351 e. The van der Waals surface area contributed by atoms with Gasteiger partial charge < -0.3 is 14.8 Å². The Morgan fingerprint density at radius 1 is 1.03 bits per heavy atom. The van der Waals surface area contributed by atoms with Crippen LogP contribution in [0.5, 0.6) is 0 Å². The second kappa shape index (κ2) is 8.12. The second-order valence-corrected chi connectivity index (χ2v) is 9.52. The van der Waals surface area contributed by atoms with E-state index in [1.54, 1.807) is 0 Å². The van der Waals surface area contributed by atoms with Crippen LogP contribution in [0.2, 0.25) is 0 Å². The van der Waals surface area contributed by atoms with E-state index < -0.39 is 5.54 Å². The zero-order chi connectivity index (χ0) is 22.3. The molecule has 1 aliphatic heterocycles. The van der Waals surface area contributed by atoms with Gasteiger partial charge in [-0.1, -0.05) is 67.8 Å². The lowest BCUT2D eigenvalue weighted by Gasteiger charge is -2.47. The van der Waals surface area contributed by atoms with E-state index in [9.17, 15) is 9.59 Å². The molecule has 2 aromatic carbocycles. The molecule has 2 aliphatic rings. The first-order valence-corrected chi connectivity index (χ1v) is 11.8. The van der Waals surface area contributed by atoms with Crippen molar-refractivity contribution < 1.29 is 9.59 Å². The quantitative estimate of drug-likeness (QED) is 0.630. The molecule has 5 heteroatoms. The lowest BCUT2D eigenvalue weighted by atomic mass is 9.89. The molecule has 0 bridgehead atoms. The molecule has 1 N–H and O–H groups in total. The van der Waals surface area contributed by atoms with E-state index in [-0.39, 0.29) is 23.9 Å². The highest BCUT2D eigenvalue weighted by Crippen LogP contribution is 2.38. The Kier molecular flexibility index (Phi) is 5.28. The van der Waals surface area contributed by atoms with Gasteiger partial charge in [-0.15, -0.1) is 0 Å². The maximum absolute atomic E-state index is 13.9. The molecule has 2 amide bonds. The minimum absolute atomic E-state index is 0.0519. The Morgan fingerprint density at radius 2 is 1.72 bits per heavy atom. The van der Waals surface area contributed by atoms with Gasteiger partial charge in [0.25, 0.3) is 5.91 Å². The van der Waals surface area contributed by atoms with Crippen molar-refractivity contribution in [3.05, 3.63) is 71.9 Å². The minimum Gasteiger partial charge on any atom is -0.351 e. The lowest BCUT2D eigenvalue weighted by molar-refractivity contribution is -0.135. The molecule has 5 nitrogen and oxygen atoms in total. The van der Waals surface area contributed by atoms with Crippen LogP contribution in [-0.4, -0.2) is 32.9 Å². The SMILES string of the molecule is C[C@@H](c1ccccc1)N1C(=O)c2cc3ccccc3n2C[C@]1(C)C(=O)NC1CCCCC1. The van der Waals surface area contributed by atoms with Gasteiger partial charge in [0.2, 0.25) is 5.91 Å². The Bertz CT molecular complexity index is 1150. The van der Waals surface area contributed by atoms with Crippen molar-refractivity contribution in [1.29, 1.82) is 0 Å². The summed E-state index contributed by atoms with van der Waals surface area (Å²) >= 11 is 0. The summed E-state index contributed by atoms with van der Waals surface area (Å²) in [7, 11) is 0. The Hall–Kier alpha value is -3.08. The molecule has 1 aromatic heterocycles. The van der Waals surface area contributed by atoms with Gasteiger partial charge in [-0.25, -0.2) is 0 Å². The fourth-order valence-corrected chi connectivity index (χ4v) is 5.54. The third-order valence-corrected chi connectivity index (χ3v) is 7.35. The highest BCUT2D eigenvalue weighted by atomic mass is 16.2. The first-order chi connectivity index (χ1) is 15.5. The van der Waals surface area contributed by atoms with Crippen LogP contribution >= 0.6 is 0 Å². The Balaban J connectivity index is 1.59. The van der Waals surface area contributed by atoms with Gasteiger partial charge in [0.15, 0.2) is 0 Å². The van der Waals surface area contributed by atoms with Crippen LogP contribution < -0.4 is 5.32 Å². The van der Waals surface area contributed by atoms with Crippen LogP contribution in [0.3, 0.4) is 0 Å². The van der Waals surface area contributed by atoms with E-state index in [4.69, 9.17) is 0 Å². The second-order valence-electron chi connectivity index (χ2n) is 9.52. The number of hydrogen-bond acceptors (Lipinski definition) is 2. The van der Waals surface area contributed by atoms with Gasteiger partial charge in [0.05, 0.1) is 12.6 Å². The van der Waals surface area contributed by atoms with Crippen molar-refractivity contribution in [2.75, 3.05) is 0 Å². The number of carbonyl (C=O) groups excluding carboxylic acids is 2. The lowest BCUT2D eigenvalue weighted by Crippen LogP contribution is -2.65. The predicted octanol–water partition coefficient (Wildman–Crippen LogP) is 5.07. The minimum atomic E-state index is -0.988. The van der Waals surface area contributed by atoms with Gasteiger partial charge in [-0.05, 0) is 44.4 Å². The number of nitrogens with zero attached hydrogens (tertiary/aromatic N) is 2. The van der Waals surface area contributed by atoms with Crippen LogP contribution in [0.15, 0.2) is 60.7 Å². The third-order valence-electron chi connectivity index (χ3n) is 7.35. The molecule has 3 aromatic rings. The molecular formula is C27H31N3O2. The van der Waals surface area contributed by atoms with Crippen LogP contribution in [0.1, 0.15) is 68.0 Å². The third kappa shape index (κ3) is 3.40. The first-order valence-electron chi connectivity index (χ1n) is 11.8. The summed E-state index contributed by atoms with van der Waals surface area (Å²) < 4.78 is 2.03. The summed E-state index contributed by atoms with van der Waals surface area (Å²) in [5.74, 6) is -0.144. The van der Waals surface area contributed by atoms with Crippen LogP contribution in [0.4, 0.5) is 0 Å². The molecule has 0 spiro atoms. The zero-order valence-corrected chi connectivity index (χ0v) is 18.9. The summed E-state index contributed by atoms with van der Waals surface area (Å²) in [5, 5.41) is 4.34. The molecule has 1 aliphatic carbocycles. The number of carbonyl (C=O) groups is 2. The average molecular weight is 430 g/mol. The summed E-state index contributed by atoms with van der Waals surface area (Å²) in [5.41, 5.74) is 1.69. The van der Waals surface area contributed by atoms with Crippen molar-refractivity contribution in [2.45, 2.75) is 70.1 Å². The van der Waals surface area contributed by atoms with Gasteiger partial charge in [0, 0.05) is 16.9 Å². The molecular weight excluding hydrogens is 398 g/mol. The monoisotopic (exact) mass is 429 g/mol. The molecule has 0 radical (unpaired) electrons. The number of benzene rings is 2. The normalized spacial score (nSPS) is 22.6. The molecule has 1 saturated carbocycles. The van der Waals surface area contributed by atoms with E-state index >= 15 is 0 Å². The predicted molar refractivity (Wildman–Crippen MR) is 126 cm³/mol. The van der Waals surface area contributed by atoms with Crippen molar-refractivity contribution in [1.82, 2.24) is 14.8 Å². The molecule has 2 atom stereocenters. The maximum Gasteiger partial charge on any atom is 0.271 e. The van der Waals surface area contributed by atoms with E-state index in [0.29, 0.717) is 12.2 Å². The number of para-hydroxylation sites is 1. The van der Waals surface area contributed by atoms with Crippen LogP contribution in [0.25, 0.3) is 10.9 Å². The van der Waals surface area contributed by atoms with Crippen LogP contribution in [-0.2, 0) is 11.3 Å². The number of fused-ring (bicyclic) bond motifs is 3. The topological polar surface area (TPSA) is 54.3 Å². The molecule has 0 unspecified atom stereocenters. The maximum atomic E-state index is 13.9. The summed E-state index contributed by atoms with van der Waals surface area (Å²) in [6.07, 6.45) is 5.57. The fourth-order valence-electron chi connectivity index (χ4n) is 5.54. The van der Waals surface area contributed by atoms with Crippen molar-refractivity contribution in [3.8, 4) is 0 Å². The van der Waals surface area contributed by atoms with E-state index in [0.717, 1.165) is 42.1 Å². The molecule has 5 rings (SSSR count). The zero-order valence-electron chi connectivity index (χ0n) is 18.9. The van der Waals surface area contributed by atoms with Gasteiger partial charge in [0.1, 0.15) is 11.2 Å². The number of hydrogen-bond donors (Lipinski definition) is 1. The van der Waals surface area contributed by atoms with Gasteiger partial charge in [-0.2, -0.15) is 0 Å². The van der Waals surface area contributed by atoms with E-state index in [2.05, 4.69) is 5.32 Å². The smallest absolute Gasteiger partial charge is 0.271 e. The van der Waals surface area contributed by atoms with Crippen molar-refractivity contribution in [3.63, 3.8) is 0 Å². The molecule has 2 heterocycles. The summed E-state index contributed by atoms with van der Waals surface area (Å²) in [4.78, 5) is 29.6. The van der Waals surface area contributed by atoms with E-state index in [1.165, 1.54) is 6.42 Å². The standard InChI is InChI=1S/C27H31N3O2/c1-19(20-11-5-3-6-12-20)30-25(31)24-17-21-13-9-10-16-23(21)29(24)18-27(30,2)26(32)28-22-14-7-4-8-15-22/h3,5-6,9-13,16-17,19,22H,4,7-8,14-15,18H2,1-2H3,(H,28,32)/t19-,27+/m0/s1. The summed E-state index contributed by atoms with van der Waals surface area (Å²) in [6.45, 7) is 4.40. The van der Waals surface area contributed by atoms with E-state index in [1.807, 2.05) is 84.0 Å². The Morgan fingerprint density at radius 3 is 2.47 bits per heavy atom. The average Bonchev–Trinajstić information content (AvgIpc) is 3.19. The first kappa shape index (κ1) is 20.8. The highest BCUT2D eigenvalue weighted by molar-refractivity contribution is 6.03. The number of rotatable bonds is 4. The Labute approximate surface area is 189 Å². The fraction of sp³-hybridized carbons (Fsp3) is 0.407. The summed E-state index contributed by atoms with van der Waals surface area (Å²) in [6, 6.07) is 20.0. The number of amides is 2.